The molecule has 3 aromatic rings. The highest BCUT2D eigenvalue weighted by molar-refractivity contribution is 6.30. The summed E-state index contributed by atoms with van der Waals surface area (Å²) < 4.78 is 7.31. The number of carboxylic acids is 1. The molecule has 2 unspecified atom stereocenters. The van der Waals surface area contributed by atoms with Crippen LogP contribution >= 0.6 is 11.6 Å². The summed E-state index contributed by atoms with van der Waals surface area (Å²) in [5.41, 5.74) is 7.36. The molecule has 0 saturated heterocycles. The molecule has 1 aliphatic heterocycles. The number of benzene rings is 2. The zero-order chi connectivity index (χ0) is 27.6. The van der Waals surface area contributed by atoms with E-state index in [-0.39, 0.29) is 36.7 Å². The number of carboxylic acid groups (broad SMARTS) is 1. The van der Waals surface area contributed by atoms with Gasteiger partial charge in [0.25, 0.3) is 0 Å². The number of carbonyl (C=O) groups is 3. The van der Waals surface area contributed by atoms with Gasteiger partial charge in [0.1, 0.15) is 11.6 Å². The second kappa shape index (κ2) is 11.1. The van der Waals surface area contributed by atoms with E-state index < -0.39 is 24.0 Å². The van der Waals surface area contributed by atoms with Gasteiger partial charge in [-0.05, 0) is 61.2 Å². The average molecular weight is 541 g/mol. The van der Waals surface area contributed by atoms with E-state index in [1.807, 2.05) is 11.5 Å². The van der Waals surface area contributed by atoms with E-state index in [0.29, 0.717) is 34.4 Å². The van der Waals surface area contributed by atoms with Gasteiger partial charge in [0.15, 0.2) is 5.82 Å². The number of anilines is 1. The number of aromatic carboxylic acids is 1. The number of amides is 3. The van der Waals surface area contributed by atoms with Gasteiger partial charge in [-0.3, -0.25) is 9.69 Å². The Hall–Kier alpha value is -4.12. The maximum atomic E-state index is 13.8. The molecule has 11 nitrogen and oxygen atoms in total. The van der Waals surface area contributed by atoms with E-state index in [1.165, 1.54) is 12.1 Å². The molecule has 2 heterocycles. The second-order valence-corrected chi connectivity index (χ2v) is 9.55. The Labute approximate surface area is 224 Å². The number of hydrogen-bond donors (Lipinski definition) is 3. The fourth-order valence-electron chi connectivity index (χ4n) is 4.65. The number of urea groups is 1. The molecule has 0 saturated carbocycles. The Morgan fingerprint density at radius 3 is 2.68 bits per heavy atom. The first-order valence-electron chi connectivity index (χ1n) is 12.1. The first kappa shape index (κ1) is 26.9. The summed E-state index contributed by atoms with van der Waals surface area (Å²) in [5.74, 6) is -0.396. The lowest BCUT2D eigenvalue weighted by atomic mass is 9.97. The third-order valence-electron chi connectivity index (χ3n) is 6.70. The number of aromatic nitrogens is 3. The summed E-state index contributed by atoms with van der Waals surface area (Å²) in [4.78, 5) is 39.8. The van der Waals surface area contributed by atoms with Crippen LogP contribution in [0.5, 0.6) is 5.75 Å². The van der Waals surface area contributed by atoms with E-state index in [2.05, 4.69) is 15.5 Å². The highest BCUT2D eigenvalue weighted by Gasteiger charge is 2.36. The standard InChI is InChI=1S/C26H29ClN6O5/c1-4-21(15-5-7-19(25(35)36)20(28)11-15)29-26(37)33-13-23-31-30-14(2)32(23)12-17(24(33)34)9-16-10-18(27)6-8-22(16)38-3/h5-8,10-11,17,21H,4,9,12-13,28H2,1-3H3,(H,29,37)(H,35,36). The number of carbonyl (C=O) groups excluding carboxylic acids is 2. The van der Waals surface area contributed by atoms with Crippen molar-refractivity contribution in [2.75, 3.05) is 12.8 Å². The number of nitrogen functional groups attached to an aromatic ring is 1. The Morgan fingerprint density at radius 2 is 2.03 bits per heavy atom. The number of nitrogens with two attached hydrogens (primary N) is 1. The number of nitrogens with zero attached hydrogens (tertiary/aromatic N) is 4. The Bertz CT molecular complexity index is 1390. The van der Waals surface area contributed by atoms with Gasteiger partial charge >= 0.3 is 12.0 Å². The van der Waals surface area contributed by atoms with Crippen LogP contribution in [0.15, 0.2) is 36.4 Å². The summed E-state index contributed by atoms with van der Waals surface area (Å²) in [5, 5.41) is 21.0. The maximum Gasteiger partial charge on any atom is 0.337 e. The number of ether oxygens (including phenoxy) is 1. The Morgan fingerprint density at radius 1 is 1.26 bits per heavy atom. The number of fused-ring (bicyclic) bond motifs is 1. The lowest BCUT2D eigenvalue weighted by Gasteiger charge is -2.26. The highest BCUT2D eigenvalue weighted by atomic mass is 35.5. The monoisotopic (exact) mass is 540 g/mol. The first-order chi connectivity index (χ1) is 18.1. The molecule has 4 N–H and O–H groups in total. The SMILES string of the molecule is CCC(NC(=O)N1Cc2nnc(C)n2CC(Cc2cc(Cl)ccc2OC)C1=O)c1ccc(C(=O)O)c(N)c1. The minimum Gasteiger partial charge on any atom is -0.496 e. The molecule has 0 spiro atoms. The van der Waals surface area contributed by atoms with E-state index in [4.69, 9.17) is 22.1 Å². The molecule has 3 amide bonds. The van der Waals surface area contributed by atoms with Gasteiger partial charge in [0.05, 0.1) is 31.2 Å². The summed E-state index contributed by atoms with van der Waals surface area (Å²) in [6.07, 6.45) is 0.770. The predicted molar refractivity (Wildman–Crippen MR) is 140 cm³/mol. The van der Waals surface area contributed by atoms with Crippen molar-refractivity contribution in [3.63, 3.8) is 0 Å². The van der Waals surface area contributed by atoms with Crippen molar-refractivity contribution in [2.45, 2.75) is 45.8 Å². The fraction of sp³-hybridized carbons (Fsp3) is 0.346. The van der Waals surface area contributed by atoms with Crippen molar-refractivity contribution in [1.82, 2.24) is 25.0 Å². The van der Waals surface area contributed by atoms with Crippen LogP contribution in [-0.4, -0.2) is 49.8 Å². The van der Waals surface area contributed by atoms with Crippen LogP contribution in [0.25, 0.3) is 0 Å². The minimum atomic E-state index is -1.14. The zero-order valence-electron chi connectivity index (χ0n) is 21.3. The van der Waals surface area contributed by atoms with Gasteiger partial charge in [-0.1, -0.05) is 24.6 Å². The smallest absolute Gasteiger partial charge is 0.337 e. The molecule has 0 radical (unpaired) electrons. The summed E-state index contributed by atoms with van der Waals surface area (Å²) in [7, 11) is 1.55. The molecule has 200 valence electrons. The largest absolute Gasteiger partial charge is 0.496 e. The van der Waals surface area contributed by atoms with Gasteiger partial charge in [-0.15, -0.1) is 10.2 Å². The fourth-order valence-corrected chi connectivity index (χ4v) is 4.85. The van der Waals surface area contributed by atoms with Crippen molar-refractivity contribution < 1.29 is 24.2 Å². The molecule has 0 bridgehead atoms. The van der Waals surface area contributed by atoms with Gasteiger partial charge in [-0.25, -0.2) is 9.59 Å². The molecule has 1 aliphatic rings. The lowest BCUT2D eigenvalue weighted by molar-refractivity contribution is -0.132. The number of nitrogens with one attached hydrogen (secondary N) is 1. The van der Waals surface area contributed by atoms with Crippen molar-refractivity contribution in [3.05, 3.63) is 69.8 Å². The van der Waals surface area contributed by atoms with Gasteiger partial charge < -0.3 is 25.5 Å². The van der Waals surface area contributed by atoms with Crippen molar-refractivity contribution in [3.8, 4) is 5.75 Å². The van der Waals surface area contributed by atoms with Crippen LogP contribution in [0.3, 0.4) is 0 Å². The Balaban J connectivity index is 1.63. The van der Waals surface area contributed by atoms with Gasteiger partial charge in [-0.2, -0.15) is 0 Å². The molecule has 12 heteroatoms. The third kappa shape index (κ3) is 5.42. The van der Waals surface area contributed by atoms with Crippen molar-refractivity contribution in [1.29, 1.82) is 0 Å². The second-order valence-electron chi connectivity index (χ2n) is 9.12. The lowest BCUT2D eigenvalue weighted by Crippen LogP contribution is -2.46. The normalized spacial score (nSPS) is 15.9. The van der Waals surface area contributed by atoms with Crippen molar-refractivity contribution in [2.24, 2.45) is 5.92 Å². The van der Waals surface area contributed by atoms with Crippen molar-refractivity contribution >= 4 is 35.2 Å². The average Bonchev–Trinajstić information content (AvgIpc) is 3.15. The quantitative estimate of drug-likeness (QED) is 0.384. The Kier molecular flexibility index (Phi) is 7.86. The number of hydrogen-bond acceptors (Lipinski definition) is 7. The molecule has 0 fully saturated rings. The molecule has 2 atom stereocenters. The van der Waals surface area contributed by atoms with Gasteiger partial charge in [0, 0.05) is 17.3 Å². The van der Waals surface area contributed by atoms with E-state index in [9.17, 15) is 19.5 Å². The molecule has 4 rings (SSSR count). The molecule has 0 aliphatic carbocycles. The molecule has 38 heavy (non-hydrogen) atoms. The number of rotatable bonds is 7. The van der Waals surface area contributed by atoms with E-state index >= 15 is 0 Å². The summed E-state index contributed by atoms with van der Waals surface area (Å²) in [6.45, 7) is 3.90. The van der Waals surface area contributed by atoms with Crippen LogP contribution < -0.4 is 15.8 Å². The van der Waals surface area contributed by atoms with E-state index in [1.54, 1.807) is 38.3 Å². The van der Waals surface area contributed by atoms with Crippen LogP contribution in [0.4, 0.5) is 10.5 Å². The van der Waals surface area contributed by atoms with Crippen LogP contribution in [0, 0.1) is 12.8 Å². The topological polar surface area (TPSA) is 153 Å². The maximum absolute atomic E-state index is 13.8. The summed E-state index contributed by atoms with van der Waals surface area (Å²) in [6, 6.07) is 8.63. The third-order valence-corrected chi connectivity index (χ3v) is 6.93. The van der Waals surface area contributed by atoms with Crippen LogP contribution in [-0.2, 0) is 24.3 Å². The number of halogens is 1. The van der Waals surface area contributed by atoms with Crippen LogP contribution in [0.1, 0.15) is 52.5 Å². The number of methoxy groups -OCH3 is 1. The van der Waals surface area contributed by atoms with Gasteiger partial charge in [0.2, 0.25) is 5.91 Å². The van der Waals surface area contributed by atoms with Crippen LogP contribution in [0.2, 0.25) is 5.02 Å². The molecular weight excluding hydrogens is 512 g/mol. The number of aryl methyl sites for hydroxylation is 1. The molecule has 1 aromatic heterocycles. The summed E-state index contributed by atoms with van der Waals surface area (Å²) >= 11 is 6.22. The minimum absolute atomic E-state index is 0.0217. The highest BCUT2D eigenvalue weighted by Crippen LogP contribution is 2.29. The zero-order valence-corrected chi connectivity index (χ0v) is 22.0. The predicted octanol–water partition coefficient (Wildman–Crippen LogP) is 3.59. The molecule has 2 aromatic carbocycles. The number of imide groups is 1. The first-order valence-corrected chi connectivity index (χ1v) is 12.5. The molecular formula is C26H29ClN6O5. The van der Waals surface area contributed by atoms with E-state index in [0.717, 1.165) is 10.5 Å².